The van der Waals surface area contributed by atoms with Crippen LogP contribution in [0.25, 0.3) is 0 Å². The monoisotopic (exact) mass is 249 g/mol. The standard InChI is InChI=1S/C13H13F2N3/c1-2-8-5-3-4-6-11(8)17-13-10(15)7-9(14)12(16)18-13/h3-7H,2H2,1H3,(H3,16,17,18). The van der Waals surface area contributed by atoms with Gasteiger partial charge in [0.1, 0.15) is 0 Å². The molecule has 94 valence electrons. The number of aromatic nitrogens is 1. The fourth-order valence-electron chi connectivity index (χ4n) is 1.65. The highest BCUT2D eigenvalue weighted by molar-refractivity contribution is 5.62. The maximum atomic E-state index is 13.5. The van der Waals surface area contributed by atoms with Crippen molar-refractivity contribution in [1.82, 2.24) is 4.98 Å². The molecule has 3 N–H and O–H groups in total. The van der Waals surface area contributed by atoms with Crippen LogP contribution in [0, 0.1) is 11.6 Å². The van der Waals surface area contributed by atoms with Gasteiger partial charge in [-0.2, -0.15) is 0 Å². The molecule has 0 radical (unpaired) electrons. The van der Waals surface area contributed by atoms with E-state index in [1.54, 1.807) is 6.07 Å². The third-order valence-electron chi connectivity index (χ3n) is 2.61. The Labute approximate surface area is 104 Å². The SMILES string of the molecule is CCc1ccccc1Nc1nc(N)c(F)cc1F. The van der Waals surface area contributed by atoms with Crippen molar-refractivity contribution in [1.29, 1.82) is 0 Å². The van der Waals surface area contributed by atoms with Gasteiger partial charge in [0, 0.05) is 11.8 Å². The molecule has 0 aliphatic rings. The van der Waals surface area contributed by atoms with E-state index in [0.29, 0.717) is 0 Å². The van der Waals surface area contributed by atoms with Crippen LogP contribution in [0.4, 0.5) is 26.1 Å². The lowest BCUT2D eigenvalue weighted by molar-refractivity contribution is 0.581. The summed E-state index contributed by atoms with van der Waals surface area (Å²) in [5, 5.41) is 2.83. The first-order valence-electron chi connectivity index (χ1n) is 5.58. The molecule has 1 aromatic heterocycles. The van der Waals surface area contributed by atoms with E-state index >= 15 is 0 Å². The Kier molecular flexibility index (Phi) is 3.41. The van der Waals surface area contributed by atoms with Crippen molar-refractivity contribution in [2.24, 2.45) is 0 Å². The van der Waals surface area contributed by atoms with E-state index in [-0.39, 0.29) is 11.6 Å². The molecule has 2 rings (SSSR count). The number of nitrogens with zero attached hydrogens (tertiary/aromatic N) is 1. The van der Waals surface area contributed by atoms with Crippen molar-refractivity contribution in [3.8, 4) is 0 Å². The van der Waals surface area contributed by atoms with Gasteiger partial charge in [-0.05, 0) is 18.1 Å². The molecule has 0 fully saturated rings. The van der Waals surface area contributed by atoms with Crippen LogP contribution < -0.4 is 11.1 Å². The number of para-hydroxylation sites is 1. The molecule has 1 heterocycles. The predicted molar refractivity (Wildman–Crippen MR) is 67.7 cm³/mol. The number of rotatable bonds is 3. The van der Waals surface area contributed by atoms with Crippen LogP contribution in [-0.2, 0) is 6.42 Å². The highest BCUT2D eigenvalue weighted by Gasteiger charge is 2.10. The van der Waals surface area contributed by atoms with Crippen LogP contribution in [0.3, 0.4) is 0 Å². The second-order valence-corrected chi connectivity index (χ2v) is 3.82. The molecule has 2 aromatic rings. The molecule has 0 aliphatic heterocycles. The zero-order valence-electron chi connectivity index (χ0n) is 9.87. The first-order chi connectivity index (χ1) is 8.61. The van der Waals surface area contributed by atoms with Gasteiger partial charge < -0.3 is 11.1 Å². The molecule has 0 atom stereocenters. The van der Waals surface area contributed by atoms with Crippen LogP contribution in [0.1, 0.15) is 12.5 Å². The van der Waals surface area contributed by atoms with Gasteiger partial charge in [-0.3, -0.25) is 0 Å². The second kappa shape index (κ2) is 5.00. The van der Waals surface area contributed by atoms with Gasteiger partial charge in [-0.15, -0.1) is 0 Å². The summed E-state index contributed by atoms with van der Waals surface area (Å²) >= 11 is 0. The number of halogens is 2. The fourth-order valence-corrected chi connectivity index (χ4v) is 1.65. The Bertz CT molecular complexity index is 570. The second-order valence-electron chi connectivity index (χ2n) is 3.82. The third-order valence-corrected chi connectivity index (χ3v) is 2.61. The van der Waals surface area contributed by atoms with Gasteiger partial charge >= 0.3 is 0 Å². The van der Waals surface area contributed by atoms with Gasteiger partial charge in [0.2, 0.25) is 0 Å². The van der Waals surface area contributed by atoms with Crippen molar-refractivity contribution >= 4 is 17.3 Å². The van der Waals surface area contributed by atoms with E-state index in [2.05, 4.69) is 10.3 Å². The zero-order chi connectivity index (χ0) is 13.1. The summed E-state index contributed by atoms with van der Waals surface area (Å²) < 4.78 is 26.5. The number of benzene rings is 1. The maximum Gasteiger partial charge on any atom is 0.169 e. The van der Waals surface area contributed by atoms with E-state index in [1.807, 2.05) is 25.1 Å². The molecule has 18 heavy (non-hydrogen) atoms. The largest absolute Gasteiger partial charge is 0.381 e. The van der Waals surface area contributed by atoms with E-state index in [0.717, 1.165) is 23.7 Å². The summed E-state index contributed by atoms with van der Waals surface area (Å²) in [6.07, 6.45) is 0.793. The van der Waals surface area contributed by atoms with Crippen molar-refractivity contribution in [3.63, 3.8) is 0 Å². The van der Waals surface area contributed by atoms with Crippen LogP contribution in [0.5, 0.6) is 0 Å². The number of pyridine rings is 1. The van der Waals surface area contributed by atoms with Crippen molar-refractivity contribution in [2.75, 3.05) is 11.1 Å². The number of nitrogens with two attached hydrogens (primary N) is 1. The van der Waals surface area contributed by atoms with E-state index < -0.39 is 11.6 Å². The normalized spacial score (nSPS) is 10.4. The number of aryl methyl sites for hydroxylation is 1. The lowest BCUT2D eigenvalue weighted by atomic mass is 10.1. The van der Waals surface area contributed by atoms with Gasteiger partial charge in [0.05, 0.1) is 0 Å². The average Bonchev–Trinajstić information content (AvgIpc) is 2.36. The Morgan fingerprint density at radius 1 is 1.22 bits per heavy atom. The van der Waals surface area contributed by atoms with Gasteiger partial charge in [-0.1, -0.05) is 25.1 Å². The molecule has 0 saturated heterocycles. The minimum Gasteiger partial charge on any atom is -0.381 e. The summed E-state index contributed by atoms with van der Waals surface area (Å²) in [4.78, 5) is 3.66. The van der Waals surface area contributed by atoms with Crippen molar-refractivity contribution < 1.29 is 8.78 Å². The summed E-state index contributed by atoms with van der Waals surface area (Å²) in [6, 6.07) is 8.17. The summed E-state index contributed by atoms with van der Waals surface area (Å²) in [6.45, 7) is 1.99. The first kappa shape index (κ1) is 12.3. The molecule has 1 aromatic carbocycles. The molecular weight excluding hydrogens is 236 g/mol. The molecular formula is C13H13F2N3. The van der Waals surface area contributed by atoms with Crippen LogP contribution in [-0.4, -0.2) is 4.98 Å². The van der Waals surface area contributed by atoms with Crippen molar-refractivity contribution in [2.45, 2.75) is 13.3 Å². The molecule has 0 amide bonds. The van der Waals surface area contributed by atoms with E-state index in [9.17, 15) is 8.78 Å². The summed E-state index contributed by atoms with van der Waals surface area (Å²) in [5.74, 6) is -2.03. The first-order valence-corrected chi connectivity index (χ1v) is 5.58. The summed E-state index contributed by atoms with van der Waals surface area (Å²) in [7, 11) is 0. The van der Waals surface area contributed by atoms with E-state index in [4.69, 9.17) is 5.73 Å². The fraction of sp³-hybridized carbons (Fsp3) is 0.154. The lowest BCUT2D eigenvalue weighted by Crippen LogP contribution is -2.04. The van der Waals surface area contributed by atoms with Gasteiger partial charge in [0.25, 0.3) is 0 Å². The van der Waals surface area contributed by atoms with Crippen LogP contribution >= 0.6 is 0 Å². The van der Waals surface area contributed by atoms with Crippen LogP contribution in [0.15, 0.2) is 30.3 Å². The molecule has 0 bridgehead atoms. The van der Waals surface area contributed by atoms with Crippen LogP contribution in [0.2, 0.25) is 0 Å². The Balaban J connectivity index is 2.37. The molecule has 0 saturated carbocycles. The highest BCUT2D eigenvalue weighted by atomic mass is 19.1. The number of nitrogen functional groups attached to an aromatic ring is 1. The van der Waals surface area contributed by atoms with Gasteiger partial charge in [-0.25, -0.2) is 13.8 Å². The number of anilines is 3. The zero-order valence-corrected chi connectivity index (χ0v) is 9.87. The topological polar surface area (TPSA) is 50.9 Å². The molecule has 0 spiro atoms. The third kappa shape index (κ3) is 2.40. The minimum atomic E-state index is -0.859. The number of hydrogen-bond acceptors (Lipinski definition) is 3. The maximum absolute atomic E-state index is 13.5. The summed E-state index contributed by atoms with van der Waals surface area (Å²) in [5.41, 5.74) is 7.07. The Morgan fingerprint density at radius 3 is 2.67 bits per heavy atom. The Morgan fingerprint density at radius 2 is 1.94 bits per heavy atom. The molecule has 3 nitrogen and oxygen atoms in total. The minimum absolute atomic E-state index is 0.0743. The quantitative estimate of drug-likeness (QED) is 0.877. The number of hydrogen-bond donors (Lipinski definition) is 2. The van der Waals surface area contributed by atoms with E-state index in [1.165, 1.54) is 0 Å². The average molecular weight is 249 g/mol. The lowest BCUT2D eigenvalue weighted by Gasteiger charge is -2.11. The number of nitrogens with one attached hydrogen (secondary N) is 1. The van der Waals surface area contributed by atoms with Crippen molar-refractivity contribution in [3.05, 3.63) is 47.5 Å². The highest BCUT2D eigenvalue weighted by Crippen LogP contribution is 2.23. The predicted octanol–water partition coefficient (Wildman–Crippen LogP) is 3.25. The molecule has 5 heteroatoms. The molecule has 0 unspecified atom stereocenters. The van der Waals surface area contributed by atoms with Gasteiger partial charge in [0.15, 0.2) is 23.3 Å². The molecule has 0 aliphatic carbocycles. The smallest absolute Gasteiger partial charge is 0.169 e. The Hall–Kier alpha value is -2.17.